The summed E-state index contributed by atoms with van der Waals surface area (Å²) in [6.45, 7) is -1.53. The molecule has 4 rings (SSSR count). The van der Waals surface area contributed by atoms with E-state index in [1.54, 1.807) is 12.1 Å². The normalized spacial score (nSPS) is 17.2. The Balaban J connectivity index is 1.34. The second-order valence-corrected chi connectivity index (χ2v) is 10.1. The van der Waals surface area contributed by atoms with E-state index in [2.05, 4.69) is 10.1 Å². The Morgan fingerprint density at radius 2 is 1.74 bits per heavy atom. The van der Waals surface area contributed by atoms with Crippen molar-refractivity contribution in [3.05, 3.63) is 64.3 Å². The van der Waals surface area contributed by atoms with Crippen molar-refractivity contribution in [3.63, 3.8) is 0 Å². The Bertz CT molecular complexity index is 1180. The Kier molecular flexibility index (Phi) is 7.24. The summed E-state index contributed by atoms with van der Waals surface area (Å²) in [6, 6.07) is 9.95. The Labute approximate surface area is 195 Å². The summed E-state index contributed by atoms with van der Waals surface area (Å²) in [4.78, 5) is 14.4. The van der Waals surface area contributed by atoms with Crippen molar-refractivity contribution in [2.75, 3.05) is 38.0 Å². The molecule has 0 unspecified atom stereocenters. The number of carbonyl (C=O) groups is 1. The molecule has 1 aliphatic heterocycles. The third-order valence-corrected chi connectivity index (χ3v) is 7.82. The highest BCUT2D eigenvalue weighted by Crippen LogP contribution is 2.32. The number of aryl methyl sites for hydroxylation is 1. The first-order valence-electron chi connectivity index (χ1n) is 10.8. The van der Waals surface area contributed by atoms with Gasteiger partial charge in [0.2, 0.25) is 15.9 Å². The largest absolute Gasteiger partial charge is 0.435 e. The zero-order valence-corrected chi connectivity index (χ0v) is 19.0. The number of alkyl halides is 2. The highest BCUT2D eigenvalue weighted by molar-refractivity contribution is 7.93. The standard InChI is InChI=1S/C23H24F3N3O4S/c24-18-3-5-19(6-4-18)27-22(30)15-28-9-11-29(12-10-28)34(31,32)21-8-2-16-13-20(33-23(25)26)7-1-17(16)14-21/h1,3-7,13-14,23H,2,8-12,15H2,(H,27,30). The molecular formula is C23H24F3N3O4S. The summed E-state index contributed by atoms with van der Waals surface area (Å²) in [5.41, 5.74) is 1.92. The fourth-order valence-electron chi connectivity index (χ4n) is 4.05. The number of sulfonamides is 1. The summed E-state index contributed by atoms with van der Waals surface area (Å²) in [7, 11) is -3.68. The molecule has 0 radical (unpaired) electrons. The lowest BCUT2D eigenvalue weighted by molar-refractivity contribution is -0.117. The van der Waals surface area contributed by atoms with Crippen molar-refractivity contribution in [1.82, 2.24) is 9.21 Å². The van der Waals surface area contributed by atoms with Gasteiger partial charge in [0.15, 0.2) is 0 Å². The molecule has 2 aromatic rings. The molecule has 1 amide bonds. The average Bonchev–Trinajstić information content (AvgIpc) is 2.80. The number of nitrogens with zero attached hydrogens (tertiary/aromatic N) is 2. The predicted molar refractivity (Wildman–Crippen MR) is 121 cm³/mol. The van der Waals surface area contributed by atoms with Gasteiger partial charge in [-0.1, -0.05) is 6.07 Å². The van der Waals surface area contributed by atoms with E-state index in [1.807, 2.05) is 4.90 Å². The van der Waals surface area contributed by atoms with Crippen LogP contribution in [0.2, 0.25) is 0 Å². The second-order valence-electron chi connectivity index (χ2n) is 8.09. The van der Waals surface area contributed by atoms with Crippen molar-refractivity contribution >= 4 is 27.7 Å². The number of piperazine rings is 1. The minimum Gasteiger partial charge on any atom is -0.435 e. The molecule has 2 aromatic carbocycles. The number of nitrogens with one attached hydrogen (secondary N) is 1. The lowest BCUT2D eigenvalue weighted by Crippen LogP contribution is -2.50. The smallest absolute Gasteiger partial charge is 0.387 e. The van der Waals surface area contributed by atoms with Crippen molar-refractivity contribution in [1.29, 1.82) is 0 Å². The maximum absolute atomic E-state index is 13.2. The zero-order valence-electron chi connectivity index (χ0n) is 18.2. The number of halogens is 3. The quantitative estimate of drug-likeness (QED) is 0.638. The van der Waals surface area contributed by atoms with Crippen molar-refractivity contribution in [3.8, 4) is 5.75 Å². The third-order valence-electron chi connectivity index (χ3n) is 5.79. The monoisotopic (exact) mass is 495 g/mol. The zero-order chi connectivity index (χ0) is 24.3. The molecule has 0 bridgehead atoms. The van der Waals surface area contributed by atoms with Gasteiger partial charge in [0.05, 0.1) is 11.4 Å². The van der Waals surface area contributed by atoms with Gasteiger partial charge in [-0.15, -0.1) is 0 Å². The molecule has 34 heavy (non-hydrogen) atoms. The molecule has 0 saturated carbocycles. The number of allylic oxidation sites excluding steroid dienone is 1. The van der Waals surface area contributed by atoms with Crippen LogP contribution in [0, 0.1) is 5.82 Å². The number of hydrogen-bond acceptors (Lipinski definition) is 5. The van der Waals surface area contributed by atoms with Crippen LogP contribution in [0.1, 0.15) is 17.5 Å². The van der Waals surface area contributed by atoms with Gasteiger partial charge >= 0.3 is 6.61 Å². The van der Waals surface area contributed by atoms with Gasteiger partial charge in [0.25, 0.3) is 0 Å². The Hall–Kier alpha value is -2.89. The molecule has 0 aromatic heterocycles. The minimum atomic E-state index is -3.68. The van der Waals surface area contributed by atoms with Crippen LogP contribution in [0.5, 0.6) is 5.75 Å². The summed E-state index contributed by atoms with van der Waals surface area (Å²) in [5, 5.41) is 2.69. The van der Waals surface area contributed by atoms with Crippen LogP contribution in [0.3, 0.4) is 0 Å². The maximum atomic E-state index is 13.2. The van der Waals surface area contributed by atoms with Gasteiger partial charge < -0.3 is 10.1 Å². The molecule has 2 aliphatic rings. The fourth-order valence-corrected chi connectivity index (χ4v) is 5.66. The van der Waals surface area contributed by atoms with E-state index in [-0.39, 0.29) is 42.6 Å². The van der Waals surface area contributed by atoms with Gasteiger partial charge in [-0.05, 0) is 66.4 Å². The van der Waals surface area contributed by atoms with Crippen LogP contribution in [-0.4, -0.2) is 62.9 Å². The highest BCUT2D eigenvalue weighted by atomic mass is 32.2. The Morgan fingerprint density at radius 1 is 1.03 bits per heavy atom. The van der Waals surface area contributed by atoms with E-state index in [9.17, 15) is 26.4 Å². The van der Waals surface area contributed by atoms with Crippen LogP contribution in [0.4, 0.5) is 18.9 Å². The number of anilines is 1. The van der Waals surface area contributed by atoms with Crippen LogP contribution < -0.4 is 10.1 Å². The summed E-state index contributed by atoms with van der Waals surface area (Å²) >= 11 is 0. The first-order chi connectivity index (χ1) is 16.2. The SMILES string of the molecule is O=C(CN1CCN(S(=O)(=O)C2=Cc3ccc(OC(F)F)cc3CC2)CC1)Nc1ccc(F)cc1. The van der Waals surface area contributed by atoms with Gasteiger partial charge in [-0.3, -0.25) is 9.69 Å². The second kappa shape index (κ2) is 10.2. The molecule has 0 spiro atoms. The summed E-state index contributed by atoms with van der Waals surface area (Å²) in [5.74, 6) is -0.602. The van der Waals surface area contributed by atoms with Crippen molar-refractivity contribution in [2.45, 2.75) is 19.5 Å². The molecule has 1 fully saturated rings. The molecule has 1 heterocycles. The van der Waals surface area contributed by atoms with Crippen LogP contribution >= 0.6 is 0 Å². The van der Waals surface area contributed by atoms with Gasteiger partial charge in [-0.25, -0.2) is 12.8 Å². The topological polar surface area (TPSA) is 79.0 Å². The van der Waals surface area contributed by atoms with E-state index in [0.29, 0.717) is 30.8 Å². The number of benzene rings is 2. The molecule has 182 valence electrons. The molecule has 1 N–H and O–H groups in total. The van der Waals surface area contributed by atoms with E-state index in [0.717, 1.165) is 5.56 Å². The van der Waals surface area contributed by atoms with E-state index in [1.165, 1.54) is 40.7 Å². The number of fused-ring (bicyclic) bond motifs is 1. The molecule has 1 saturated heterocycles. The third kappa shape index (κ3) is 5.78. The highest BCUT2D eigenvalue weighted by Gasteiger charge is 2.32. The first-order valence-corrected chi connectivity index (χ1v) is 12.2. The van der Waals surface area contributed by atoms with Crippen LogP contribution in [-0.2, 0) is 21.2 Å². The molecular weight excluding hydrogens is 471 g/mol. The van der Waals surface area contributed by atoms with E-state index < -0.39 is 22.5 Å². The number of hydrogen-bond donors (Lipinski definition) is 1. The van der Waals surface area contributed by atoms with Gasteiger partial charge in [0, 0.05) is 31.9 Å². The van der Waals surface area contributed by atoms with Crippen LogP contribution in [0.15, 0.2) is 47.4 Å². The molecule has 11 heteroatoms. The summed E-state index contributed by atoms with van der Waals surface area (Å²) in [6.07, 6.45) is 2.26. The number of amides is 1. The lowest BCUT2D eigenvalue weighted by Gasteiger charge is -2.34. The van der Waals surface area contributed by atoms with Gasteiger partial charge in [-0.2, -0.15) is 13.1 Å². The van der Waals surface area contributed by atoms with Crippen molar-refractivity contribution < 1.29 is 31.1 Å². The molecule has 0 atom stereocenters. The maximum Gasteiger partial charge on any atom is 0.387 e. The molecule has 1 aliphatic carbocycles. The summed E-state index contributed by atoms with van der Waals surface area (Å²) < 4.78 is 70.0. The minimum absolute atomic E-state index is 0.0491. The van der Waals surface area contributed by atoms with Crippen molar-refractivity contribution in [2.24, 2.45) is 0 Å². The predicted octanol–water partition coefficient (Wildman–Crippen LogP) is 3.30. The number of rotatable bonds is 7. The fraction of sp³-hybridized carbons (Fsp3) is 0.348. The number of ether oxygens (including phenoxy) is 1. The molecule has 7 nitrogen and oxygen atoms in total. The first kappa shape index (κ1) is 24.2. The average molecular weight is 496 g/mol. The Morgan fingerprint density at radius 3 is 2.41 bits per heavy atom. The van der Waals surface area contributed by atoms with Crippen LogP contribution in [0.25, 0.3) is 6.08 Å². The van der Waals surface area contributed by atoms with E-state index in [4.69, 9.17) is 0 Å². The lowest BCUT2D eigenvalue weighted by atomic mass is 9.97. The van der Waals surface area contributed by atoms with Gasteiger partial charge in [0.1, 0.15) is 11.6 Å². The number of carbonyl (C=O) groups excluding carboxylic acids is 1. The van der Waals surface area contributed by atoms with E-state index >= 15 is 0 Å².